The van der Waals surface area contributed by atoms with Crippen molar-refractivity contribution in [3.05, 3.63) is 36.9 Å². The van der Waals surface area contributed by atoms with E-state index in [-0.39, 0.29) is 11.9 Å². The average molecular weight is 275 g/mol. The highest BCUT2D eigenvalue weighted by molar-refractivity contribution is 5.76. The Hall–Kier alpha value is -2.11. The third kappa shape index (κ3) is 3.46. The van der Waals surface area contributed by atoms with Crippen molar-refractivity contribution >= 4 is 5.91 Å². The van der Waals surface area contributed by atoms with E-state index in [0.717, 1.165) is 12.4 Å². The highest BCUT2D eigenvalue weighted by atomic mass is 16.2. The molecule has 0 saturated carbocycles. The molecule has 0 saturated heterocycles. The van der Waals surface area contributed by atoms with Crippen molar-refractivity contribution in [1.29, 1.82) is 0 Å². The Bertz CT molecular complexity index is 546. The lowest BCUT2D eigenvalue weighted by Gasteiger charge is -2.21. The molecule has 2 aromatic heterocycles. The first-order chi connectivity index (χ1) is 9.58. The molecule has 0 spiro atoms. The maximum atomic E-state index is 12.2. The van der Waals surface area contributed by atoms with Gasteiger partial charge in [0.2, 0.25) is 5.91 Å². The minimum absolute atomic E-state index is 0.126. The molecule has 0 aliphatic rings. The summed E-state index contributed by atoms with van der Waals surface area (Å²) in [6.07, 6.45) is 9.56. The Morgan fingerprint density at radius 1 is 1.40 bits per heavy atom. The maximum Gasteiger partial charge on any atom is 0.224 e. The molecule has 108 valence electrons. The van der Waals surface area contributed by atoms with Gasteiger partial charge in [0.25, 0.3) is 0 Å². The summed E-state index contributed by atoms with van der Waals surface area (Å²) in [5.41, 5.74) is 0. The van der Waals surface area contributed by atoms with Crippen LogP contribution in [0, 0.1) is 6.92 Å². The van der Waals surface area contributed by atoms with Crippen LogP contribution in [0.2, 0.25) is 0 Å². The van der Waals surface area contributed by atoms with Crippen LogP contribution in [-0.4, -0.2) is 43.5 Å². The number of hydrogen-bond acceptors (Lipinski definition) is 3. The van der Waals surface area contributed by atoms with Crippen molar-refractivity contribution in [1.82, 2.24) is 24.0 Å². The second-order valence-electron chi connectivity index (χ2n) is 5.05. The number of carbonyl (C=O) groups is 1. The molecule has 20 heavy (non-hydrogen) atoms. The third-order valence-corrected chi connectivity index (χ3v) is 3.49. The van der Waals surface area contributed by atoms with Gasteiger partial charge in [-0.3, -0.25) is 4.79 Å². The molecule has 0 aliphatic heterocycles. The summed E-state index contributed by atoms with van der Waals surface area (Å²) in [4.78, 5) is 22.1. The van der Waals surface area contributed by atoms with Crippen LogP contribution in [0.1, 0.15) is 25.2 Å². The molecule has 0 aromatic carbocycles. The summed E-state index contributed by atoms with van der Waals surface area (Å²) in [5, 5.41) is 0. The Kier molecular flexibility index (Phi) is 4.55. The molecule has 0 fully saturated rings. The van der Waals surface area contributed by atoms with Gasteiger partial charge in [-0.1, -0.05) is 0 Å². The standard InChI is InChI=1S/C14H21N5O/c1-12(19-7-5-16-13(19)2)10-14(20)17(3)8-9-18-6-4-15-11-18/h4-7,11-12H,8-10H2,1-3H3. The second kappa shape index (κ2) is 6.36. The van der Waals surface area contributed by atoms with Crippen molar-refractivity contribution < 1.29 is 4.79 Å². The number of imidazole rings is 2. The molecule has 6 heteroatoms. The predicted octanol–water partition coefficient (Wildman–Crippen LogP) is 1.50. The van der Waals surface area contributed by atoms with Crippen LogP contribution in [-0.2, 0) is 11.3 Å². The molecule has 0 aliphatic carbocycles. The molecular weight excluding hydrogens is 254 g/mol. The molecule has 1 atom stereocenters. The zero-order valence-electron chi connectivity index (χ0n) is 12.2. The molecule has 2 heterocycles. The number of hydrogen-bond donors (Lipinski definition) is 0. The largest absolute Gasteiger partial charge is 0.344 e. The number of nitrogens with zero attached hydrogens (tertiary/aromatic N) is 5. The van der Waals surface area contributed by atoms with Crippen LogP contribution in [0.3, 0.4) is 0 Å². The van der Waals surface area contributed by atoms with Crippen molar-refractivity contribution in [3.8, 4) is 0 Å². The lowest BCUT2D eigenvalue weighted by Crippen LogP contribution is -2.31. The summed E-state index contributed by atoms with van der Waals surface area (Å²) < 4.78 is 3.99. The van der Waals surface area contributed by atoms with Crippen molar-refractivity contribution in [3.63, 3.8) is 0 Å². The van der Waals surface area contributed by atoms with Gasteiger partial charge in [-0.05, 0) is 13.8 Å². The molecule has 2 rings (SSSR count). The molecule has 2 aromatic rings. The monoisotopic (exact) mass is 275 g/mol. The molecule has 0 N–H and O–H groups in total. The Morgan fingerprint density at radius 3 is 2.80 bits per heavy atom. The van der Waals surface area contributed by atoms with Crippen LogP contribution in [0.25, 0.3) is 0 Å². The predicted molar refractivity (Wildman–Crippen MR) is 76.2 cm³/mol. The quantitative estimate of drug-likeness (QED) is 0.802. The SMILES string of the molecule is Cc1nccn1C(C)CC(=O)N(C)CCn1ccnc1. The van der Waals surface area contributed by atoms with Crippen LogP contribution >= 0.6 is 0 Å². The second-order valence-corrected chi connectivity index (χ2v) is 5.05. The van der Waals surface area contributed by atoms with E-state index >= 15 is 0 Å². The zero-order chi connectivity index (χ0) is 14.5. The normalized spacial score (nSPS) is 12.3. The third-order valence-electron chi connectivity index (χ3n) is 3.49. The summed E-state index contributed by atoms with van der Waals surface area (Å²) in [7, 11) is 1.84. The van der Waals surface area contributed by atoms with Crippen molar-refractivity contribution in [2.24, 2.45) is 0 Å². The summed E-state index contributed by atoms with van der Waals surface area (Å²) >= 11 is 0. The minimum Gasteiger partial charge on any atom is -0.344 e. The summed E-state index contributed by atoms with van der Waals surface area (Å²) in [6.45, 7) is 5.44. The molecule has 6 nitrogen and oxygen atoms in total. The lowest BCUT2D eigenvalue weighted by atomic mass is 10.2. The van der Waals surface area contributed by atoms with E-state index in [9.17, 15) is 4.79 Å². The molecule has 0 bridgehead atoms. The summed E-state index contributed by atoms with van der Waals surface area (Å²) in [5.74, 6) is 1.08. The van der Waals surface area contributed by atoms with E-state index < -0.39 is 0 Å². The van der Waals surface area contributed by atoms with Gasteiger partial charge in [-0.15, -0.1) is 0 Å². The first-order valence-electron chi connectivity index (χ1n) is 6.77. The fourth-order valence-electron chi connectivity index (χ4n) is 2.17. The van der Waals surface area contributed by atoms with E-state index in [1.54, 1.807) is 23.6 Å². The minimum atomic E-state index is 0.126. The van der Waals surface area contributed by atoms with Crippen LogP contribution in [0.4, 0.5) is 0 Å². The van der Waals surface area contributed by atoms with E-state index in [2.05, 4.69) is 9.97 Å². The van der Waals surface area contributed by atoms with Crippen LogP contribution in [0.5, 0.6) is 0 Å². The van der Waals surface area contributed by atoms with Gasteiger partial charge in [0.05, 0.1) is 6.33 Å². The lowest BCUT2D eigenvalue weighted by molar-refractivity contribution is -0.130. The van der Waals surface area contributed by atoms with Crippen molar-refractivity contribution in [2.75, 3.05) is 13.6 Å². The van der Waals surface area contributed by atoms with E-state index in [1.165, 1.54) is 0 Å². The van der Waals surface area contributed by atoms with E-state index in [1.807, 2.05) is 42.4 Å². The van der Waals surface area contributed by atoms with Crippen LogP contribution < -0.4 is 0 Å². The number of carbonyl (C=O) groups excluding carboxylic acids is 1. The van der Waals surface area contributed by atoms with Gasteiger partial charge >= 0.3 is 0 Å². The molecular formula is C14H21N5O. The zero-order valence-corrected chi connectivity index (χ0v) is 12.2. The number of aryl methyl sites for hydroxylation is 1. The molecule has 0 radical (unpaired) electrons. The van der Waals surface area contributed by atoms with Gasteiger partial charge in [-0.2, -0.15) is 0 Å². The molecule has 1 unspecified atom stereocenters. The number of likely N-dealkylation sites (N-methyl/N-ethyl adjacent to an activating group) is 1. The fraction of sp³-hybridized carbons (Fsp3) is 0.500. The van der Waals surface area contributed by atoms with Gasteiger partial charge < -0.3 is 14.0 Å². The van der Waals surface area contributed by atoms with Gasteiger partial charge in [0, 0.05) is 57.4 Å². The Morgan fingerprint density at radius 2 is 2.20 bits per heavy atom. The number of aromatic nitrogens is 4. The van der Waals surface area contributed by atoms with Gasteiger partial charge in [-0.25, -0.2) is 9.97 Å². The first-order valence-corrected chi connectivity index (χ1v) is 6.77. The van der Waals surface area contributed by atoms with Crippen LogP contribution in [0.15, 0.2) is 31.1 Å². The highest BCUT2D eigenvalue weighted by Crippen LogP contribution is 2.13. The smallest absolute Gasteiger partial charge is 0.224 e. The van der Waals surface area contributed by atoms with Gasteiger partial charge in [0.15, 0.2) is 0 Å². The average Bonchev–Trinajstić information content (AvgIpc) is 3.06. The maximum absolute atomic E-state index is 12.2. The number of rotatable bonds is 6. The van der Waals surface area contributed by atoms with Gasteiger partial charge in [0.1, 0.15) is 5.82 Å². The fourth-order valence-corrected chi connectivity index (χ4v) is 2.17. The summed E-state index contributed by atoms with van der Waals surface area (Å²) in [6, 6.07) is 0.126. The van der Waals surface area contributed by atoms with E-state index in [4.69, 9.17) is 0 Å². The van der Waals surface area contributed by atoms with E-state index in [0.29, 0.717) is 13.0 Å². The molecule has 1 amide bonds. The Labute approximate surface area is 119 Å². The highest BCUT2D eigenvalue weighted by Gasteiger charge is 2.15. The van der Waals surface area contributed by atoms with Crippen molar-refractivity contribution in [2.45, 2.75) is 32.9 Å². The first kappa shape index (κ1) is 14.3. The number of amides is 1. The topological polar surface area (TPSA) is 56.0 Å². The Balaban J connectivity index is 1.83.